The summed E-state index contributed by atoms with van der Waals surface area (Å²) in [6, 6.07) is 6.68. The van der Waals surface area contributed by atoms with E-state index in [1.807, 2.05) is 7.05 Å². The number of hydrogen-bond acceptors (Lipinski definition) is 3. The zero-order valence-corrected chi connectivity index (χ0v) is 10.8. The molecule has 0 spiro atoms. The molecule has 0 amide bonds. The molecule has 1 heterocycles. The molecule has 1 aromatic rings. The van der Waals surface area contributed by atoms with Crippen molar-refractivity contribution < 1.29 is 9.47 Å². The molecule has 0 radical (unpaired) electrons. The fourth-order valence-corrected chi connectivity index (χ4v) is 2.04. The fourth-order valence-electron chi connectivity index (χ4n) is 2.04. The molecule has 0 aliphatic carbocycles. The van der Waals surface area contributed by atoms with Crippen LogP contribution in [0.15, 0.2) is 18.2 Å². The predicted molar refractivity (Wildman–Crippen MR) is 68.5 cm³/mol. The lowest BCUT2D eigenvalue weighted by molar-refractivity contribution is 0.140. The number of rotatable bonds is 4. The van der Waals surface area contributed by atoms with E-state index < -0.39 is 0 Å². The zero-order valence-electron chi connectivity index (χ0n) is 10.8. The van der Waals surface area contributed by atoms with Crippen LogP contribution in [0.2, 0.25) is 0 Å². The van der Waals surface area contributed by atoms with Crippen LogP contribution in [-0.2, 0) is 4.74 Å². The van der Waals surface area contributed by atoms with E-state index >= 15 is 0 Å². The van der Waals surface area contributed by atoms with Crippen LogP contribution in [0.5, 0.6) is 5.75 Å². The van der Waals surface area contributed by atoms with E-state index in [-0.39, 0.29) is 6.10 Å². The van der Waals surface area contributed by atoms with Gasteiger partial charge in [-0.1, -0.05) is 12.1 Å². The zero-order chi connectivity index (χ0) is 12.3. The van der Waals surface area contributed by atoms with Crippen molar-refractivity contribution in [3.05, 3.63) is 29.3 Å². The van der Waals surface area contributed by atoms with Gasteiger partial charge in [-0.15, -0.1) is 0 Å². The van der Waals surface area contributed by atoms with Crippen LogP contribution in [-0.4, -0.2) is 26.4 Å². The minimum absolute atomic E-state index is 0.208. The first-order valence-electron chi connectivity index (χ1n) is 6.23. The topological polar surface area (TPSA) is 30.5 Å². The number of ether oxygens (including phenoxy) is 2. The molecular weight excluding hydrogens is 214 g/mol. The van der Waals surface area contributed by atoms with Crippen LogP contribution >= 0.6 is 0 Å². The maximum absolute atomic E-state index is 6.05. The summed E-state index contributed by atoms with van der Waals surface area (Å²) in [4.78, 5) is 0. The van der Waals surface area contributed by atoms with Gasteiger partial charge in [0.1, 0.15) is 11.9 Å². The molecule has 2 atom stereocenters. The van der Waals surface area contributed by atoms with E-state index in [0.29, 0.717) is 12.6 Å². The van der Waals surface area contributed by atoms with Crippen molar-refractivity contribution in [2.45, 2.75) is 32.4 Å². The summed E-state index contributed by atoms with van der Waals surface area (Å²) in [5, 5.41) is 3.25. The lowest BCUT2D eigenvalue weighted by Crippen LogP contribution is -2.19. The maximum Gasteiger partial charge on any atom is 0.124 e. The quantitative estimate of drug-likeness (QED) is 0.869. The Morgan fingerprint density at radius 2 is 2.29 bits per heavy atom. The van der Waals surface area contributed by atoms with Crippen LogP contribution in [0.3, 0.4) is 0 Å². The first-order chi connectivity index (χ1) is 8.20. The van der Waals surface area contributed by atoms with Gasteiger partial charge in [-0.3, -0.25) is 0 Å². The monoisotopic (exact) mass is 235 g/mol. The molecule has 1 aromatic carbocycles. The van der Waals surface area contributed by atoms with Crippen LogP contribution in [0.25, 0.3) is 0 Å². The van der Waals surface area contributed by atoms with E-state index in [4.69, 9.17) is 9.47 Å². The van der Waals surface area contributed by atoms with Crippen LogP contribution in [0, 0.1) is 6.92 Å². The molecule has 17 heavy (non-hydrogen) atoms. The second-order valence-electron chi connectivity index (χ2n) is 4.66. The van der Waals surface area contributed by atoms with Crippen molar-refractivity contribution in [2.75, 3.05) is 20.3 Å². The fraction of sp³-hybridized carbons (Fsp3) is 0.571. The second kappa shape index (κ2) is 5.52. The first-order valence-corrected chi connectivity index (χ1v) is 6.23. The minimum atomic E-state index is 0.208. The highest BCUT2D eigenvalue weighted by Crippen LogP contribution is 2.28. The van der Waals surface area contributed by atoms with Crippen molar-refractivity contribution >= 4 is 0 Å². The molecule has 3 nitrogen and oxygen atoms in total. The van der Waals surface area contributed by atoms with Crippen molar-refractivity contribution in [3.8, 4) is 5.75 Å². The summed E-state index contributed by atoms with van der Waals surface area (Å²) in [5.41, 5.74) is 2.44. The average Bonchev–Trinajstić information content (AvgIpc) is 2.81. The van der Waals surface area contributed by atoms with E-state index in [1.54, 1.807) is 0 Å². The minimum Gasteiger partial charge on any atom is -0.488 e. The molecule has 1 aliphatic rings. The Kier molecular flexibility index (Phi) is 4.02. The molecule has 94 valence electrons. The molecule has 3 heteroatoms. The summed E-state index contributed by atoms with van der Waals surface area (Å²) >= 11 is 0. The summed E-state index contributed by atoms with van der Waals surface area (Å²) < 4.78 is 11.4. The second-order valence-corrected chi connectivity index (χ2v) is 4.66. The van der Waals surface area contributed by atoms with Gasteiger partial charge in [-0.2, -0.15) is 0 Å². The molecule has 2 rings (SSSR count). The third-order valence-electron chi connectivity index (χ3n) is 3.25. The van der Waals surface area contributed by atoms with E-state index in [9.17, 15) is 0 Å². The van der Waals surface area contributed by atoms with E-state index in [1.165, 1.54) is 11.1 Å². The van der Waals surface area contributed by atoms with Gasteiger partial charge in [-0.05, 0) is 32.5 Å². The molecule has 1 fully saturated rings. The van der Waals surface area contributed by atoms with Gasteiger partial charge in [-0.25, -0.2) is 0 Å². The number of aryl methyl sites for hydroxylation is 1. The Hall–Kier alpha value is -1.06. The smallest absolute Gasteiger partial charge is 0.124 e. The normalized spacial score (nSPS) is 21.5. The largest absolute Gasteiger partial charge is 0.488 e. The Morgan fingerprint density at radius 3 is 2.94 bits per heavy atom. The van der Waals surface area contributed by atoms with Gasteiger partial charge < -0.3 is 14.8 Å². The third kappa shape index (κ3) is 2.99. The molecule has 0 saturated carbocycles. The molecule has 1 N–H and O–H groups in total. The Labute approximate surface area is 103 Å². The van der Waals surface area contributed by atoms with E-state index in [2.05, 4.69) is 37.4 Å². The Balaban J connectivity index is 2.19. The van der Waals surface area contributed by atoms with Crippen LogP contribution in [0.1, 0.15) is 30.5 Å². The van der Waals surface area contributed by atoms with Gasteiger partial charge in [0, 0.05) is 18.0 Å². The van der Waals surface area contributed by atoms with Crippen LogP contribution in [0.4, 0.5) is 0 Å². The third-order valence-corrected chi connectivity index (χ3v) is 3.25. The molecule has 0 aromatic heterocycles. The van der Waals surface area contributed by atoms with Gasteiger partial charge in [0.2, 0.25) is 0 Å². The Morgan fingerprint density at radius 1 is 1.47 bits per heavy atom. The lowest BCUT2D eigenvalue weighted by atomic mass is 10.0. The number of nitrogens with one attached hydrogen (secondary N) is 1. The van der Waals surface area contributed by atoms with Crippen molar-refractivity contribution in [2.24, 2.45) is 0 Å². The summed E-state index contributed by atoms with van der Waals surface area (Å²) in [7, 11) is 1.97. The van der Waals surface area contributed by atoms with E-state index in [0.717, 1.165) is 18.8 Å². The van der Waals surface area contributed by atoms with Crippen molar-refractivity contribution in [1.82, 2.24) is 5.32 Å². The van der Waals surface area contributed by atoms with Gasteiger partial charge in [0.25, 0.3) is 0 Å². The number of hydrogen-bond donors (Lipinski definition) is 1. The molecule has 2 unspecified atom stereocenters. The van der Waals surface area contributed by atoms with Crippen molar-refractivity contribution in [3.63, 3.8) is 0 Å². The summed E-state index contributed by atoms with van der Waals surface area (Å²) in [6.45, 7) is 5.75. The lowest BCUT2D eigenvalue weighted by Gasteiger charge is -2.19. The molecular formula is C14H21NO2. The van der Waals surface area contributed by atoms with Crippen LogP contribution < -0.4 is 10.1 Å². The van der Waals surface area contributed by atoms with Gasteiger partial charge in [0.05, 0.1) is 13.2 Å². The van der Waals surface area contributed by atoms with Gasteiger partial charge >= 0.3 is 0 Å². The molecule has 0 bridgehead atoms. The highest BCUT2D eigenvalue weighted by atomic mass is 16.5. The first kappa shape index (κ1) is 12.4. The summed E-state index contributed by atoms with van der Waals surface area (Å²) in [6.07, 6.45) is 1.20. The molecule has 1 aliphatic heterocycles. The standard InChI is InChI=1S/C14H21NO2/c1-10-4-5-13(11(2)15-3)14(8-10)17-12-6-7-16-9-12/h4-5,8,11-12,15H,6-7,9H2,1-3H3. The van der Waals surface area contributed by atoms with Crippen molar-refractivity contribution in [1.29, 1.82) is 0 Å². The predicted octanol–water partition coefficient (Wildman–Crippen LogP) is 2.44. The average molecular weight is 235 g/mol. The SMILES string of the molecule is CNC(C)c1ccc(C)cc1OC1CCOC1. The van der Waals surface area contributed by atoms with Gasteiger partial charge in [0.15, 0.2) is 0 Å². The number of benzene rings is 1. The highest BCUT2D eigenvalue weighted by Gasteiger charge is 2.19. The molecule has 1 saturated heterocycles. The maximum atomic E-state index is 6.05. The summed E-state index contributed by atoms with van der Waals surface area (Å²) in [5.74, 6) is 0.988. The Bertz CT molecular complexity index is 372. The highest BCUT2D eigenvalue weighted by molar-refractivity contribution is 5.39.